The summed E-state index contributed by atoms with van der Waals surface area (Å²) in [5, 5.41) is 11.2. The minimum atomic E-state index is 0.455. The lowest BCUT2D eigenvalue weighted by atomic mass is 10.2. The minimum Gasteiger partial charge on any atom is -0.493 e. The lowest BCUT2D eigenvalue weighted by Crippen LogP contribution is -2.05. The first-order valence-corrected chi connectivity index (χ1v) is 7.97. The summed E-state index contributed by atoms with van der Waals surface area (Å²) in [6.07, 6.45) is 2.47. The van der Waals surface area contributed by atoms with Crippen molar-refractivity contribution < 1.29 is 9.47 Å². The molecule has 0 amide bonds. The van der Waals surface area contributed by atoms with E-state index in [-0.39, 0.29) is 0 Å². The van der Waals surface area contributed by atoms with Gasteiger partial charge in [-0.05, 0) is 41.9 Å². The average Bonchev–Trinajstić information content (AvgIpc) is 2.91. The molecule has 23 heavy (non-hydrogen) atoms. The van der Waals surface area contributed by atoms with E-state index in [1.54, 1.807) is 18.0 Å². The molecule has 1 heterocycles. The summed E-state index contributed by atoms with van der Waals surface area (Å²) in [4.78, 5) is 0. The van der Waals surface area contributed by atoms with Crippen molar-refractivity contribution in [3.63, 3.8) is 0 Å². The molecule has 1 aromatic heterocycles. The number of aromatic nitrogens is 3. The van der Waals surface area contributed by atoms with Crippen molar-refractivity contribution in [3.05, 3.63) is 34.4 Å². The maximum Gasteiger partial charge on any atom is 0.216 e. The second-order valence-corrected chi connectivity index (χ2v) is 5.86. The van der Waals surface area contributed by atoms with Crippen LogP contribution in [0.3, 0.4) is 0 Å². The molecule has 2 aromatic rings. The van der Waals surface area contributed by atoms with E-state index in [9.17, 15) is 0 Å². The Kier molecular flexibility index (Phi) is 5.92. The second kappa shape index (κ2) is 7.92. The summed E-state index contributed by atoms with van der Waals surface area (Å²) in [5.41, 5.74) is 0.893. The van der Waals surface area contributed by atoms with Crippen molar-refractivity contribution in [1.29, 1.82) is 0 Å². The number of ether oxygens (including phenoxy) is 2. The number of aryl methyl sites for hydroxylation is 1. The van der Waals surface area contributed by atoms with E-state index in [4.69, 9.17) is 21.7 Å². The number of rotatable bonds is 7. The zero-order chi connectivity index (χ0) is 16.8. The maximum absolute atomic E-state index is 5.74. The molecule has 0 aliphatic carbocycles. The Balaban J connectivity index is 2.22. The molecule has 1 aromatic carbocycles. The van der Waals surface area contributed by atoms with Crippen molar-refractivity contribution in [2.75, 3.05) is 13.7 Å². The summed E-state index contributed by atoms with van der Waals surface area (Å²) in [5.74, 6) is 2.65. The van der Waals surface area contributed by atoms with Crippen molar-refractivity contribution in [2.24, 2.45) is 11.0 Å². The number of hydrogen-bond donors (Lipinski definition) is 1. The Hall–Kier alpha value is -2.15. The molecule has 0 unspecified atom stereocenters. The van der Waals surface area contributed by atoms with Crippen LogP contribution in [-0.2, 0) is 6.42 Å². The molecule has 0 bridgehead atoms. The van der Waals surface area contributed by atoms with Crippen molar-refractivity contribution >= 4 is 18.4 Å². The summed E-state index contributed by atoms with van der Waals surface area (Å²) < 4.78 is 13.2. The van der Waals surface area contributed by atoms with Crippen LogP contribution in [-0.4, -0.2) is 34.8 Å². The molecule has 0 fully saturated rings. The first-order chi connectivity index (χ1) is 11.0. The molecule has 0 radical (unpaired) electrons. The number of H-pyrrole nitrogens is 1. The molecule has 2 rings (SSSR count). The molecular weight excluding hydrogens is 312 g/mol. The summed E-state index contributed by atoms with van der Waals surface area (Å²) in [6.45, 7) is 6.86. The van der Waals surface area contributed by atoms with Crippen molar-refractivity contribution in [2.45, 2.75) is 27.2 Å². The highest BCUT2D eigenvalue weighted by atomic mass is 32.1. The Labute approximate surface area is 141 Å². The Morgan fingerprint density at radius 2 is 2.17 bits per heavy atom. The van der Waals surface area contributed by atoms with Gasteiger partial charge in [-0.25, -0.2) is 0 Å². The van der Waals surface area contributed by atoms with Crippen LogP contribution >= 0.6 is 12.2 Å². The standard InChI is InChI=1S/C16H22N4O2S/c1-5-15-18-19-16(23)20(15)17-9-12-6-7-13(14(8-12)21-4)22-10-11(2)3/h6-9,11H,5,10H2,1-4H3,(H,19,23)/b17-9-. The number of hydrogen-bond acceptors (Lipinski definition) is 5. The van der Waals surface area contributed by atoms with Gasteiger partial charge in [-0.1, -0.05) is 20.8 Å². The van der Waals surface area contributed by atoms with Gasteiger partial charge in [0.05, 0.1) is 19.9 Å². The highest BCUT2D eigenvalue weighted by molar-refractivity contribution is 7.71. The van der Waals surface area contributed by atoms with Crippen LogP contribution < -0.4 is 9.47 Å². The molecular formula is C16H22N4O2S. The second-order valence-electron chi connectivity index (χ2n) is 5.47. The predicted molar refractivity (Wildman–Crippen MR) is 93.1 cm³/mol. The Bertz CT molecular complexity index is 734. The van der Waals surface area contributed by atoms with E-state index in [1.807, 2.05) is 25.1 Å². The predicted octanol–water partition coefficient (Wildman–Crippen LogP) is 3.43. The topological polar surface area (TPSA) is 64.4 Å². The first-order valence-electron chi connectivity index (χ1n) is 7.56. The summed E-state index contributed by atoms with van der Waals surface area (Å²) in [6, 6.07) is 5.70. The zero-order valence-electron chi connectivity index (χ0n) is 13.9. The smallest absolute Gasteiger partial charge is 0.216 e. The number of nitrogens with zero attached hydrogens (tertiary/aromatic N) is 3. The molecule has 0 saturated heterocycles. The highest BCUT2D eigenvalue weighted by Gasteiger charge is 2.07. The summed E-state index contributed by atoms with van der Waals surface area (Å²) in [7, 11) is 1.62. The molecule has 6 nitrogen and oxygen atoms in total. The lowest BCUT2D eigenvalue weighted by molar-refractivity contribution is 0.257. The van der Waals surface area contributed by atoms with Gasteiger partial charge >= 0.3 is 0 Å². The van der Waals surface area contributed by atoms with Gasteiger partial charge in [-0.3, -0.25) is 5.10 Å². The molecule has 0 aliphatic heterocycles. The number of aromatic amines is 1. The molecule has 0 saturated carbocycles. The quantitative estimate of drug-likeness (QED) is 0.622. The largest absolute Gasteiger partial charge is 0.493 e. The fourth-order valence-corrected chi connectivity index (χ4v) is 2.13. The van der Waals surface area contributed by atoms with Gasteiger partial charge in [-0.15, -0.1) is 0 Å². The van der Waals surface area contributed by atoms with Gasteiger partial charge in [0.1, 0.15) is 0 Å². The lowest BCUT2D eigenvalue weighted by Gasteiger charge is -2.12. The number of methoxy groups -OCH3 is 1. The van der Waals surface area contributed by atoms with Gasteiger partial charge in [0, 0.05) is 6.42 Å². The maximum atomic E-state index is 5.74. The number of benzene rings is 1. The van der Waals surface area contributed by atoms with Crippen molar-refractivity contribution in [3.8, 4) is 11.5 Å². The fourth-order valence-electron chi connectivity index (χ4n) is 1.94. The fraction of sp³-hybridized carbons (Fsp3) is 0.438. The van der Waals surface area contributed by atoms with E-state index in [2.05, 4.69) is 29.1 Å². The highest BCUT2D eigenvalue weighted by Crippen LogP contribution is 2.28. The molecule has 0 spiro atoms. The van der Waals surface area contributed by atoms with Gasteiger partial charge in [0.25, 0.3) is 0 Å². The van der Waals surface area contributed by atoms with Crippen LogP contribution in [0, 0.1) is 10.7 Å². The van der Waals surface area contributed by atoms with E-state index in [0.29, 0.717) is 23.0 Å². The van der Waals surface area contributed by atoms with E-state index < -0.39 is 0 Å². The molecule has 7 heteroatoms. The number of nitrogens with one attached hydrogen (secondary N) is 1. The molecule has 0 aliphatic rings. The zero-order valence-corrected chi connectivity index (χ0v) is 14.7. The van der Waals surface area contributed by atoms with E-state index in [0.717, 1.165) is 23.6 Å². The van der Waals surface area contributed by atoms with Crippen LogP contribution in [0.5, 0.6) is 11.5 Å². The normalized spacial score (nSPS) is 11.3. The van der Waals surface area contributed by atoms with Gasteiger partial charge in [0.15, 0.2) is 17.3 Å². The Morgan fingerprint density at radius 3 is 2.83 bits per heavy atom. The van der Waals surface area contributed by atoms with Crippen LogP contribution in [0.1, 0.15) is 32.2 Å². The van der Waals surface area contributed by atoms with Crippen LogP contribution in [0.2, 0.25) is 0 Å². The monoisotopic (exact) mass is 334 g/mol. The third-order valence-corrected chi connectivity index (χ3v) is 3.38. The minimum absolute atomic E-state index is 0.455. The van der Waals surface area contributed by atoms with Gasteiger partial charge in [-0.2, -0.15) is 14.9 Å². The third kappa shape index (κ3) is 4.41. The van der Waals surface area contributed by atoms with Crippen LogP contribution in [0.25, 0.3) is 0 Å². The molecule has 124 valence electrons. The van der Waals surface area contributed by atoms with Gasteiger partial charge < -0.3 is 9.47 Å². The van der Waals surface area contributed by atoms with Gasteiger partial charge in [0.2, 0.25) is 4.77 Å². The Morgan fingerprint density at radius 1 is 1.39 bits per heavy atom. The third-order valence-electron chi connectivity index (χ3n) is 3.12. The van der Waals surface area contributed by atoms with Crippen LogP contribution in [0.4, 0.5) is 0 Å². The van der Waals surface area contributed by atoms with E-state index >= 15 is 0 Å². The van der Waals surface area contributed by atoms with Crippen molar-refractivity contribution in [1.82, 2.24) is 14.9 Å². The molecule has 0 atom stereocenters. The first kappa shape index (κ1) is 17.2. The van der Waals surface area contributed by atoms with E-state index in [1.165, 1.54) is 0 Å². The molecule has 1 N–H and O–H groups in total. The SMILES string of the molecule is CCc1n[nH]c(=S)n1/N=C\c1ccc(OCC(C)C)c(OC)c1. The van der Waals surface area contributed by atoms with Crippen LogP contribution in [0.15, 0.2) is 23.3 Å². The summed E-state index contributed by atoms with van der Waals surface area (Å²) >= 11 is 5.17. The average molecular weight is 334 g/mol.